The molecule has 0 aromatic heterocycles. The average molecular weight is 190 g/mol. The van der Waals surface area contributed by atoms with E-state index in [1.54, 1.807) is 0 Å². The molecule has 1 aromatic carbocycles. The molecule has 1 aromatic rings. The van der Waals surface area contributed by atoms with Crippen LogP contribution in [0.15, 0.2) is 30.3 Å². The van der Waals surface area contributed by atoms with Crippen molar-refractivity contribution in [1.29, 1.82) is 0 Å². The van der Waals surface area contributed by atoms with E-state index in [1.165, 1.54) is 5.56 Å². The molecule has 0 amide bonds. The summed E-state index contributed by atoms with van der Waals surface area (Å²) in [6, 6.07) is 10.1. The predicted octanol–water partition coefficient (Wildman–Crippen LogP) is 2.35. The highest BCUT2D eigenvalue weighted by molar-refractivity contribution is 5.76. The van der Waals surface area contributed by atoms with Gasteiger partial charge in [0.15, 0.2) is 0 Å². The van der Waals surface area contributed by atoms with E-state index in [0.29, 0.717) is 6.61 Å². The minimum atomic E-state index is -0.0404. The molecule has 0 bridgehead atoms. The summed E-state index contributed by atoms with van der Waals surface area (Å²) in [5.74, 6) is 0.271. The maximum atomic E-state index is 11.4. The molecule has 2 rings (SSSR count). The summed E-state index contributed by atoms with van der Waals surface area (Å²) in [7, 11) is 0. The van der Waals surface area contributed by atoms with Crippen molar-refractivity contribution in [2.75, 3.05) is 6.61 Å². The molecule has 1 aliphatic rings. The molecule has 1 saturated heterocycles. The van der Waals surface area contributed by atoms with Crippen molar-refractivity contribution in [3.05, 3.63) is 35.9 Å². The number of carbonyl (C=O) groups excluding carboxylic acids is 1. The van der Waals surface area contributed by atoms with E-state index < -0.39 is 0 Å². The molecule has 1 fully saturated rings. The fraction of sp³-hybridized carbons (Fsp3) is 0.417. The van der Waals surface area contributed by atoms with Gasteiger partial charge in [-0.15, -0.1) is 0 Å². The van der Waals surface area contributed by atoms with Crippen molar-refractivity contribution in [2.45, 2.75) is 19.3 Å². The normalized spacial score (nSPS) is 26.2. The van der Waals surface area contributed by atoms with Crippen LogP contribution in [0, 0.1) is 5.92 Å². The number of esters is 1. The molecule has 1 heterocycles. The average Bonchev–Trinajstić information content (AvgIpc) is 2.61. The Balaban J connectivity index is 2.23. The van der Waals surface area contributed by atoms with Crippen LogP contribution in [0.25, 0.3) is 0 Å². The first-order chi connectivity index (χ1) is 6.83. The van der Waals surface area contributed by atoms with Crippen LogP contribution in [-0.2, 0) is 9.53 Å². The minimum Gasteiger partial charge on any atom is -0.465 e. The van der Waals surface area contributed by atoms with Gasteiger partial charge in [0.2, 0.25) is 0 Å². The van der Waals surface area contributed by atoms with Crippen LogP contribution in [0.5, 0.6) is 0 Å². The summed E-state index contributed by atoms with van der Waals surface area (Å²) in [5.41, 5.74) is 1.21. The second kappa shape index (κ2) is 3.82. The lowest BCUT2D eigenvalue weighted by Crippen LogP contribution is -2.13. The summed E-state index contributed by atoms with van der Waals surface area (Å²) >= 11 is 0. The molecular weight excluding hydrogens is 176 g/mol. The highest BCUT2D eigenvalue weighted by Gasteiger charge is 2.36. The van der Waals surface area contributed by atoms with Gasteiger partial charge in [-0.25, -0.2) is 0 Å². The zero-order valence-electron chi connectivity index (χ0n) is 8.27. The topological polar surface area (TPSA) is 26.3 Å². The van der Waals surface area contributed by atoms with Gasteiger partial charge in [0.1, 0.15) is 0 Å². The van der Waals surface area contributed by atoms with Crippen LogP contribution >= 0.6 is 0 Å². The van der Waals surface area contributed by atoms with E-state index in [-0.39, 0.29) is 17.8 Å². The highest BCUT2D eigenvalue weighted by Crippen LogP contribution is 2.33. The van der Waals surface area contributed by atoms with Crippen LogP contribution in [0.1, 0.15) is 24.8 Å². The molecule has 0 aliphatic carbocycles. The Morgan fingerprint density at radius 1 is 1.36 bits per heavy atom. The largest absolute Gasteiger partial charge is 0.465 e. The first-order valence-electron chi connectivity index (χ1n) is 5.04. The third kappa shape index (κ3) is 1.52. The molecule has 2 atom stereocenters. The van der Waals surface area contributed by atoms with Crippen LogP contribution in [-0.4, -0.2) is 12.6 Å². The highest BCUT2D eigenvalue weighted by atomic mass is 16.5. The molecule has 0 N–H and O–H groups in total. The number of hydrogen-bond acceptors (Lipinski definition) is 2. The Morgan fingerprint density at radius 3 is 2.71 bits per heavy atom. The summed E-state index contributed by atoms with van der Waals surface area (Å²) < 4.78 is 5.08. The van der Waals surface area contributed by atoms with Crippen molar-refractivity contribution >= 4 is 5.97 Å². The third-order valence-electron chi connectivity index (χ3n) is 2.86. The van der Waals surface area contributed by atoms with E-state index in [2.05, 4.69) is 12.1 Å². The van der Waals surface area contributed by atoms with Gasteiger partial charge in [0.05, 0.1) is 12.5 Å². The van der Waals surface area contributed by atoms with E-state index in [1.807, 2.05) is 25.1 Å². The van der Waals surface area contributed by atoms with Crippen LogP contribution in [0.3, 0.4) is 0 Å². The molecule has 0 unspecified atom stereocenters. The second-order valence-electron chi connectivity index (χ2n) is 3.66. The summed E-state index contributed by atoms with van der Waals surface area (Å²) in [6.45, 7) is 2.58. The standard InChI is InChI=1S/C12H14O2/c1-2-10-11(8-14-12(10)13)9-6-4-3-5-7-9/h3-7,10-11H,2,8H2,1H3/t10-,11+/m0/s1. The van der Waals surface area contributed by atoms with E-state index in [4.69, 9.17) is 4.74 Å². The fourth-order valence-corrected chi connectivity index (χ4v) is 2.04. The Bertz CT molecular complexity index is 318. The molecule has 1 aliphatic heterocycles. The van der Waals surface area contributed by atoms with Gasteiger partial charge in [-0.05, 0) is 12.0 Å². The van der Waals surface area contributed by atoms with E-state index in [9.17, 15) is 4.79 Å². The third-order valence-corrected chi connectivity index (χ3v) is 2.86. The molecule has 0 saturated carbocycles. The number of hydrogen-bond donors (Lipinski definition) is 0. The lowest BCUT2D eigenvalue weighted by Gasteiger charge is -2.12. The maximum absolute atomic E-state index is 11.4. The zero-order valence-corrected chi connectivity index (χ0v) is 8.27. The van der Waals surface area contributed by atoms with Crippen LogP contribution < -0.4 is 0 Å². The summed E-state index contributed by atoms with van der Waals surface area (Å²) in [4.78, 5) is 11.4. The first kappa shape index (κ1) is 9.25. The lowest BCUT2D eigenvalue weighted by molar-refractivity contribution is -0.141. The monoisotopic (exact) mass is 190 g/mol. The predicted molar refractivity (Wildman–Crippen MR) is 53.9 cm³/mol. The van der Waals surface area contributed by atoms with Gasteiger partial charge in [-0.3, -0.25) is 4.79 Å². The van der Waals surface area contributed by atoms with Crippen molar-refractivity contribution in [3.8, 4) is 0 Å². The van der Waals surface area contributed by atoms with E-state index >= 15 is 0 Å². The minimum absolute atomic E-state index is 0.0404. The molecule has 0 radical (unpaired) electrons. The van der Waals surface area contributed by atoms with Crippen molar-refractivity contribution in [1.82, 2.24) is 0 Å². The molecule has 74 valence electrons. The number of rotatable bonds is 2. The fourth-order valence-electron chi connectivity index (χ4n) is 2.04. The molecule has 14 heavy (non-hydrogen) atoms. The van der Waals surface area contributed by atoms with Gasteiger partial charge in [-0.2, -0.15) is 0 Å². The molecule has 2 heteroatoms. The van der Waals surface area contributed by atoms with Gasteiger partial charge in [0.25, 0.3) is 0 Å². The van der Waals surface area contributed by atoms with Gasteiger partial charge < -0.3 is 4.74 Å². The maximum Gasteiger partial charge on any atom is 0.309 e. The van der Waals surface area contributed by atoms with Gasteiger partial charge in [-0.1, -0.05) is 37.3 Å². The van der Waals surface area contributed by atoms with Crippen molar-refractivity contribution < 1.29 is 9.53 Å². The first-order valence-corrected chi connectivity index (χ1v) is 5.04. The lowest BCUT2D eigenvalue weighted by atomic mass is 9.87. The Morgan fingerprint density at radius 2 is 2.07 bits per heavy atom. The van der Waals surface area contributed by atoms with Crippen molar-refractivity contribution in [3.63, 3.8) is 0 Å². The Kier molecular flexibility index (Phi) is 2.53. The van der Waals surface area contributed by atoms with Crippen LogP contribution in [0.2, 0.25) is 0 Å². The van der Waals surface area contributed by atoms with Crippen LogP contribution in [0.4, 0.5) is 0 Å². The Hall–Kier alpha value is -1.31. The summed E-state index contributed by atoms with van der Waals surface area (Å²) in [5, 5.41) is 0. The zero-order chi connectivity index (χ0) is 9.97. The van der Waals surface area contributed by atoms with E-state index in [0.717, 1.165) is 6.42 Å². The number of ether oxygens (including phenoxy) is 1. The number of cyclic esters (lactones) is 1. The number of benzene rings is 1. The number of carbonyl (C=O) groups is 1. The van der Waals surface area contributed by atoms with Gasteiger partial charge in [0, 0.05) is 5.92 Å². The Labute approximate surface area is 83.9 Å². The SMILES string of the molecule is CC[C@@H]1C(=O)OC[C@@H]1c1ccccc1. The second-order valence-corrected chi connectivity index (χ2v) is 3.66. The van der Waals surface area contributed by atoms with Crippen molar-refractivity contribution in [2.24, 2.45) is 5.92 Å². The molecular formula is C12H14O2. The smallest absolute Gasteiger partial charge is 0.309 e. The molecule has 0 spiro atoms. The quantitative estimate of drug-likeness (QED) is 0.669. The summed E-state index contributed by atoms with van der Waals surface area (Å²) in [6.07, 6.45) is 0.860. The van der Waals surface area contributed by atoms with Gasteiger partial charge >= 0.3 is 5.97 Å². The molecule has 2 nitrogen and oxygen atoms in total.